The van der Waals surface area contributed by atoms with Gasteiger partial charge in [0.2, 0.25) is 0 Å². The van der Waals surface area contributed by atoms with E-state index in [0.29, 0.717) is 12.0 Å². The molecule has 0 amide bonds. The maximum absolute atomic E-state index is 12.1. The molecule has 0 bridgehead atoms. The van der Waals surface area contributed by atoms with Crippen LogP contribution in [0.2, 0.25) is 0 Å². The minimum Gasteiger partial charge on any atom is -0.496 e. The van der Waals surface area contributed by atoms with Crippen LogP contribution in [0.3, 0.4) is 0 Å². The molecule has 0 fully saturated rings. The zero-order chi connectivity index (χ0) is 15.2. The van der Waals surface area contributed by atoms with Crippen molar-refractivity contribution in [3.8, 4) is 5.75 Å². The van der Waals surface area contributed by atoms with Gasteiger partial charge < -0.3 is 4.74 Å². The van der Waals surface area contributed by atoms with Crippen LogP contribution in [-0.4, -0.2) is 17.8 Å². The van der Waals surface area contributed by atoms with E-state index < -0.39 is 0 Å². The fourth-order valence-corrected chi connectivity index (χ4v) is 2.61. The molecular formula is C18H18O2S. The molecule has 2 aromatic rings. The number of thiocarbonyl (C=S) groups is 1. The van der Waals surface area contributed by atoms with E-state index in [1.165, 1.54) is 0 Å². The first-order valence-electron chi connectivity index (χ1n) is 6.84. The zero-order valence-electron chi connectivity index (χ0n) is 12.3. The number of Topliss-reactive ketones (excluding diaryl/α,β-unsaturated/α-hetero) is 1. The van der Waals surface area contributed by atoms with Crippen LogP contribution in [0.25, 0.3) is 0 Å². The Bertz CT molecular complexity index is 648. The summed E-state index contributed by atoms with van der Waals surface area (Å²) in [5.41, 5.74) is 2.81. The summed E-state index contributed by atoms with van der Waals surface area (Å²) < 4.78 is 5.42. The van der Waals surface area contributed by atoms with Gasteiger partial charge in [0.1, 0.15) is 5.75 Å². The van der Waals surface area contributed by atoms with Gasteiger partial charge >= 0.3 is 0 Å². The molecule has 2 nitrogen and oxygen atoms in total. The van der Waals surface area contributed by atoms with Gasteiger partial charge in [0.25, 0.3) is 0 Å². The largest absolute Gasteiger partial charge is 0.496 e. The van der Waals surface area contributed by atoms with Crippen molar-refractivity contribution in [3.63, 3.8) is 0 Å². The maximum atomic E-state index is 12.1. The summed E-state index contributed by atoms with van der Waals surface area (Å²) in [7, 11) is 1.66. The van der Waals surface area contributed by atoms with Gasteiger partial charge in [-0.15, -0.1) is 0 Å². The standard InChI is InChI=1S/C18H18O2S/c1-13-7-6-10-15(18(13)20-2)11-16(21)12-17(19)14-8-4-3-5-9-14/h3-10H,11-12H2,1-2H3. The number of hydrogen-bond donors (Lipinski definition) is 0. The first kappa shape index (κ1) is 15.4. The second-order valence-electron chi connectivity index (χ2n) is 4.95. The van der Waals surface area contributed by atoms with Crippen LogP contribution in [0.4, 0.5) is 0 Å². The highest BCUT2D eigenvalue weighted by atomic mass is 32.1. The van der Waals surface area contributed by atoms with Gasteiger partial charge in [0, 0.05) is 23.3 Å². The molecule has 0 saturated heterocycles. The third kappa shape index (κ3) is 3.99. The summed E-state index contributed by atoms with van der Waals surface area (Å²) in [4.78, 5) is 12.9. The van der Waals surface area contributed by atoms with E-state index >= 15 is 0 Å². The Morgan fingerprint density at radius 1 is 1.10 bits per heavy atom. The van der Waals surface area contributed by atoms with Crippen LogP contribution < -0.4 is 4.74 Å². The van der Waals surface area contributed by atoms with Crippen LogP contribution in [0.5, 0.6) is 5.75 Å². The smallest absolute Gasteiger partial charge is 0.167 e. The van der Waals surface area contributed by atoms with Gasteiger partial charge in [-0.2, -0.15) is 0 Å². The minimum absolute atomic E-state index is 0.0622. The van der Waals surface area contributed by atoms with Crippen LogP contribution in [0, 0.1) is 6.92 Å². The Hall–Kier alpha value is -2.00. The van der Waals surface area contributed by atoms with Crippen LogP contribution in [0.1, 0.15) is 27.9 Å². The number of benzene rings is 2. The number of para-hydroxylation sites is 1. The molecule has 0 aromatic heterocycles. The van der Waals surface area contributed by atoms with Crippen LogP contribution in [-0.2, 0) is 6.42 Å². The zero-order valence-corrected chi connectivity index (χ0v) is 13.1. The highest BCUT2D eigenvalue weighted by Crippen LogP contribution is 2.24. The van der Waals surface area contributed by atoms with Crippen molar-refractivity contribution in [2.24, 2.45) is 0 Å². The Morgan fingerprint density at radius 3 is 2.48 bits per heavy atom. The van der Waals surface area contributed by atoms with Gasteiger partial charge in [-0.25, -0.2) is 0 Å². The van der Waals surface area contributed by atoms with Crippen molar-refractivity contribution in [1.82, 2.24) is 0 Å². The number of carbonyl (C=O) groups excluding carboxylic acids is 1. The Morgan fingerprint density at radius 2 is 1.81 bits per heavy atom. The van der Waals surface area contributed by atoms with E-state index in [-0.39, 0.29) is 12.2 Å². The normalized spacial score (nSPS) is 10.2. The average molecular weight is 298 g/mol. The third-order valence-electron chi connectivity index (χ3n) is 3.34. The molecule has 0 unspecified atom stereocenters. The molecule has 21 heavy (non-hydrogen) atoms. The molecule has 0 aliphatic heterocycles. The van der Waals surface area contributed by atoms with Crippen molar-refractivity contribution in [1.29, 1.82) is 0 Å². The average Bonchev–Trinajstić information content (AvgIpc) is 2.48. The second-order valence-corrected chi connectivity index (χ2v) is 5.53. The molecule has 0 radical (unpaired) electrons. The summed E-state index contributed by atoms with van der Waals surface area (Å²) in [5, 5.41) is 0. The van der Waals surface area contributed by atoms with Crippen molar-refractivity contribution >= 4 is 22.9 Å². The summed E-state index contributed by atoms with van der Waals surface area (Å²) in [5.74, 6) is 0.916. The van der Waals surface area contributed by atoms with E-state index in [4.69, 9.17) is 17.0 Å². The molecular weight excluding hydrogens is 280 g/mol. The Kier molecular flexibility index (Phi) is 5.23. The van der Waals surface area contributed by atoms with Gasteiger partial charge in [-0.05, 0) is 18.1 Å². The number of ether oxygens (including phenoxy) is 1. The molecule has 0 saturated carbocycles. The summed E-state index contributed by atoms with van der Waals surface area (Å²) in [6.45, 7) is 2.00. The lowest BCUT2D eigenvalue weighted by molar-refractivity contribution is 0.100. The molecule has 0 heterocycles. The quantitative estimate of drug-likeness (QED) is 0.591. The molecule has 0 atom stereocenters. The van der Waals surface area contributed by atoms with Gasteiger partial charge in [-0.1, -0.05) is 60.7 Å². The lowest BCUT2D eigenvalue weighted by Gasteiger charge is -2.11. The molecule has 2 aromatic carbocycles. The second kappa shape index (κ2) is 7.14. The fourth-order valence-electron chi connectivity index (χ4n) is 2.32. The molecule has 3 heteroatoms. The van der Waals surface area contributed by atoms with E-state index in [2.05, 4.69) is 0 Å². The topological polar surface area (TPSA) is 26.3 Å². The summed E-state index contributed by atoms with van der Waals surface area (Å²) in [6.07, 6.45) is 0.870. The number of hydrogen-bond acceptors (Lipinski definition) is 3. The highest BCUT2D eigenvalue weighted by Gasteiger charge is 2.12. The maximum Gasteiger partial charge on any atom is 0.167 e. The number of rotatable bonds is 6. The third-order valence-corrected chi connectivity index (χ3v) is 3.63. The van der Waals surface area contributed by atoms with Crippen LogP contribution in [0.15, 0.2) is 48.5 Å². The lowest BCUT2D eigenvalue weighted by atomic mass is 10.0. The van der Waals surface area contributed by atoms with Crippen molar-refractivity contribution in [2.75, 3.05) is 7.11 Å². The SMILES string of the molecule is COc1c(C)cccc1CC(=S)CC(=O)c1ccccc1. The molecule has 0 aliphatic carbocycles. The van der Waals surface area contributed by atoms with Crippen molar-refractivity contribution in [2.45, 2.75) is 19.8 Å². The van der Waals surface area contributed by atoms with Gasteiger partial charge in [0.05, 0.1) is 7.11 Å². The van der Waals surface area contributed by atoms with Crippen molar-refractivity contribution < 1.29 is 9.53 Å². The van der Waals surface area contributed by atoms with E-state index in [9.17, 15) is 4.79 Å². The number of methoxy groups -OCH3 is 1. The monoisotopic (exact) mass is 298 g/mol. The summed E-state index contributed by atoms with van der Waals surface area (Å²) >= 11 is 5.39. The number of aryl methyl sites for hydroxylation is 1. The molecule has 0 N–H and O–H groups in total. The molecule has 0 aliphatic rings. The minimum atomic E-state index is 0.0622. The van der Waals surface area contributed by atoms with Crippen molar-refractivity contribution in [3.05, 3.63) is 65.2 Å². The first-order chi connectivity index (χ1) is 10.1. The van der Waals surface area contributed by atoms with E-state index in [0.717, 1.165) is 21.7 Å². The molecule has 2 rings (SSSR count). The molecule has 108 valence electrons. The predicted molar refractivity (Wildman–Crippen MR) is 89.4 cm³/mol. The first-order valence-corrected chi connectivity index (χ1v) is 7.25. The highest BCUT2D eigenvalue weighted by molar-refractivity contribution is 7.80. The van der Waals surface area contributed by atoms with Gasteiger partial charge in [-0.3, -0.25) is 4.79 Å². The Balaban J connectivity index is 2.06. The van der Waals surface area contributed by atoms with Gasteiger partial charge in [0.15, 0.2) is 5.78 Å². The lowest BCUT2D eigenvalue weighted by Crippen LogP contribution is -2.09. The van der Waals surface area contributed by atoms with Crippen LogP contribution >= 0.6 is 12.2 Å². The van der Waals surface area contributed by atoms with E-state index in [1.54, 1.807) is 7.11 Å². The number of ketones is 1. The van der Waals surface area contributed by atoms with E-state index in [1.807, 2.05) is 55.5 Å². The predicted octanol–water partition coefficient (Wildman–Crippen LogP) is 4.19. The Labute approximate surface area is 130 Å². The summed E-state index contributed by atoms with van der Waals surface area (Å²) in [6, 6.07) is 15.2. The fraction of sp³-hybridized carbons (Fsp3) is 0.222. The number of carbonyl (C=O) groups is 1. The molecule has 0 spiro atoms.